The summed E-state index contributed by atoms with van der Waals surface area (Å²) in [6.07, 6.45) is -5.02. The first-order chi connectivity index (χ1) is 21.3. The van der Waals surface area contributed by atoms with E-state index in [-0.39, 0.29) is 10.7 Å². The van der Waals surface area contributed by atoms with Crippen molar-refractivity contribution in [1.82, 2.24) is 15.3 Å². The van der Waals surface area contributed by atoms with Crippen LogP contribution in [0, 0.1) is 5.95 Å². The number of ether oxygens (including phenoxy) is 2. The van der Waals surface area contributed by atoms with Gasteiger partial charge in [-0.25, -0.2) is 19.6 Å². The lowest BCUT2D eigenvalue weighted by molar-refractivity contribution is -0.137. The van der Waals surface area contributed by atoms with E-state index in [0.29, 0.717) is 15.8 Å². The molecule has 0 radical (unpaired) electrons. The van der Waals surface area contributed by atoms with Crippen molar-refractivity contribution in [3.8, 4) is 10.4 Å². The highest BCUT2D eigenvalue weighted by Crippen LogP contribution is 2.35. The number of pyridine rings is 1. The van der Waals surface area contributed by atoms with E-state index in [4.69, 9.17) is 9.47 Å². The van der Waals surface area contributed by atoms with Gasteiger partial charge in [0.25, 0.3) is 0 Å². The van der Waals surface area contributed by atoms with Gasteiger partial charge in [-0.15, -0.1) is 0 Å². The first-order valence-corrected chi connectivity index (χ1v) is 15.0. The molecule has 0 spiro atoms. The number of nitrogens with one attached hydrogen (secondary N) is 1. The highest BCUT2D eigenvalue weighted by atomic mass is 32.1. The fourth-order valence-corrected chi connectivity index (χ4v) is 5.23. The number of hydrogen-bond donors (Lipinski definition) is 2. The number of rotatable bonds is 7. The van der Waals surface area contributed by atoms with Crippen LogP contribution in [0.4, 0.5) is 32.3 Å². The summed E-state index contributed by atoms with van der Waals surface area (Å²) in [7, 11) is 0. The molecule has 2 heterocycles. The number of anilines is 1. The van der Waals surface area contributed by atoms with Crippen LogP contribution in [0.25, 0.3) is 21.2 Å². The fourth-order valence-electron chi connectivity index (χ4n) is 4.32. The summed E-state index contributed by atoms with van der Waals surface area (Å²) < 4.78 is 64.3. The van der Waals surface area contributed by atoms with Gasteiger partial charge in [0, 0.05) is 23.8 Å². The Morgan fingerprint density at radius 2 is 1.57 bits per heavy atom. The average Bonchev–Trinajstić information content (AvgIpc) is 3.42. The first kappa shape index (κ1) is 34.6. The maximum Gasteiger partial charge on any atom is 0.416 e. The van der Waals surface area contributed by atoms with Crippen molar-refractivity contribution < 1.29 is 41.7 Å². The largest absolute Gasteiger partial charge is 0.444 e. The van der Waals surface area contributed by atoms with Crippen LogP contribution in [0.1, 0.15) is 58.8 Å². The number of carbonyl (C=O) groups is 2. The molecule has 0 bridgehead atoms. The summed E-state index contributed by atoms with van der Waals surface area (Å²) in [6.45, 7) is 9.48. The third-order valence-corrected chi connectivity index (χ3v) is 7.42. The highest BCUT2D eigenvalue weighted by molar-refractivity contribution is 7.19. The van der Waals surface area contributed by atoms with Crippen LogP contribution in [0.2, 0.25) is 0 Å². The number of thiazole rings is 1. The standard InChI is InChI=1S/C32H34F4N4O5S/c1-30(2,3)44-28(42)39-23(26(41)18-9-11-22(12-10-18)32(34,35)36)17-40(29(43)45-31(4,5)6)27-38-16-24(46-27)19-7-8-20-15-37-25(33)14-21(20)13-19/h7-16,23,26,41H,17H2,1-6H3,(H,39,42). The molecule has 2 unspecified atom stereocenters. The van der Waals surface area contributed by atoms with E-state index in [2.05, 4.69) is 15.3 Å². The Morgan fingerprint density at radius 3 is 2.17 bits per heavy atom. The van der Waals surface area contributed by atoms with Crippen LogP contribution in [-0.4, -0.2) is 51.0 Å². The molecule has 2 N–H and O–H groups in total. The third kappa shape index (κ3) is 9.13. The molecule has 2 aromatic heterocycles. The molecule has 4 aromatic rings. The molecular formula is C32H34F4N4O5S. The number of amides is 2. The zero-order chi connectivity index (χ0) is 34.0. The molecule has 0 saturated heterocycles. The highest BCUT2D eigenvalue weighted by Gasteiger charge is 2.35. The van der Waals surface area contributed by atoms with Crippen molar-refractivity contribution >= 4 is 39.4 Å². The number of alkyl carbamates (subject to hydrolysis) is 1. The fraction of sp³-hybridized carbons (Fsp3) is 0.375. The molecular weight excluding hydrogens is 628 g/mol. The molecule has 246 valence electrons. The van der Waals surface area contributed by atoms with Crippen molar-refractivity contribution in [3.63, 3.8) is 0 Å². The number of hydrogen-bond acceptors (Lipinski definition) is 8. The van der Waals surface area contributed by atoms with Crippen LogP contribution in [-0.2, 0) is 15.7 Å². The molecule has 9 nitrogen and oxygen atoms in total. The number of nitrogens with zero attached hydrogens (tertiary/aromatic N) is 3. The predicted octanol–water partition coefficient (Wildman–Crippen LogP) is 7.88. The molecule has 4 rings (SSSR count). The van der Waals surface area contributed by atoms with Crippen LogP contribution in [0.5, 0.6) is 0 Å². The van der Waals surface area contributed by atoms with Crippen LogP contribution >= 0.6 is 11.3 Å². The van der Waals surface area contributed by atoms with Gasteiger partial charge in [-0.05, 0) is 76.3 Å². The second kappa shape index (κ2) is 13.2. The summed E-state index contributed by atoms with van der Waals surface area (Å²) in [6, 6.07) is 9.12. The molecule has 0 aliphatic heterocycles. The zero-order valence-corrected chi connectivity index (χ0v) is 26.8. The molecule has 2 aromatic carbocycles. The average molecular weight is 663 g/mol. The Balaban J connectivity index is 1.72. The van der Waals surface area contributed by atoms with Gasteiger partial charge >= 0.3 is 18.4 Å². The lowest BCUT2D eigenvalue weighted by Gasteiger charge is -2.32. The van der Waals surface area contributed by atoms with Crippen molar-refractivity contribution in [2.75, 3.05) is 11.4 Å². The van der Waals surface area contributed by atoms with Crippen LogP contribution < -0.4 is 10.2 Å². The Labute approximate surface area is 267 Å². The van der Waals surface area contributed by atoms with Gasteiger partial charge in [-0.2, -0.15) is 17.6 Å². The van der Waals surface area contributed by atoms with Crippen LogP contribution in [0.15, 0.2) is 60.9 Å². The SMILES string of the molecule is CC(C)(C)OC(=O)NC(CN(C(=O)OC(C)(C)C)c1ncc(-c2ccc3cnc(F)cc3c2)s1)C(O)c1ccc(C(F)(F)F)cc1. The van der Waals surface area contributed by atoms with Gasteiger partial charge in [0.1, 0.15) is 17.3 Å². The van der Waals surface area contributed by atoms with E-state index in [9.17, 15) is 32.3 Å². The predicted molar refractivity (Wildman–Crippen MR) is 166 cm³/mol. The first-order valence-electron chi connectivity index (χ1n) is 14.2. The van der Waals surface area contributed by atoms with Crippen LogP contribution in [0.3, 0.4) is 0 Å². The molecule has 2 amide bonds. The maximum absolute atomic E-state index is 13.8. The number of aromatic nitrogens is 2. The summed E-state index contributed by atoms with van der Waals surface area (Å²) in [5, 5.41) is 15.4. The molecule has 0 saturated carbocycles. The Bertz CT molecular complexity index is 1700. The minimum Gasteiger partial charge on any atom is -0.444 e. The topological polar surface area (TPSA) is 114 Å². The molecule has 0 aliphatic carbocycles. The van der Waals surface area contributed by atoms with Gasteiger partial charge in [-0.1, -0.05) is 35.6 Å². The lowest BCUT2D eigenvalue weighted by atomic mass is 10.0. The normalized spacial score (nSPS) is 13.6. The lowest BCUT2D eigenvalue weighted by Crippen LogP contribution is -2.51. The second-order valence-corrected chi connectivity index (χ2v) is 13.5. The van der Waals surface area contributed by atoms with Crippen molar-refractivity contribution in [2.24, 2.45) is 0 Å². The van der Waals surface area contributed by atoms with Crippen molar-refractivity contribution in [2.45, 2.75) is 71.1 Å². The third-order valence-electron chi connectivity index (χ3n) is 6.35. The number of fused-ring (bicyclic) bond motifs is 1. The molecule has 14 heteroatoms. The quantitative estimate of drug-likeness (QED) is 0.153. The van der Waals surface area contributed by atoms with E-state index < -0.39 is 59.8 Å². The van der Waals surface area contributed by atoms with Gasteiger partial charge < -0.3 is 19.9 Å². The van der Waals surface area contributed by atoms with Gasteiger partial charge in [-0.3, -0.25) is 4.90 Å². The molecule has 46 heavy (non-hydrogen) atoms. The number of alkyl halides is 3. The van der Waals surface area contributed by atoms with E-state index in [1.165, 1.54) is 18.5 Å². The summed E-state index contributed by atoms with van der Waals surface area (Å²) in [4.78, 5) is 36.2. The number of halogens is 4. The van der Waals surface area contributed by atoms with E-state index in [1.807, 2.05) is 0 Å². The smallest absolute Gasteiger partial charge is 0.416 e. The number of aliphatic hydroxyl groups excluding tert-OH is 1. The van der Waals surface area contributed by atoms with Gasteiger partial charge in [0.05, 0.1) is 23.0 Å². The Hall–Kier alpha value is -4.30. The minimum atomic E-state index is -4.59. The minimum absolute atomic E-state index is 0.0518. The zero-order valence-electron chi connectivity index (χ0n) is 26.0. The maximum atomic E-state index is 13.8. The summed E-state index contributed by atoms with van der Waals surface area (Å²) in [5.41, 5.74) is -2.04. The van der Waals surface area contributed by atoms with E-state index >= 15 is 0 Å². The van der Waals surface area contributed by atoms with Gasteiger partial charge in [0.15, 0.2) is 5.13 Å². The molecule has 0 aliphatic rings. The summed E-state index contributed by atoms with van der Waals surface area (Å²) >= 11 is 1.10. The monoisotopic (exact) mass is 662 g/mol. The molecule has 2 atom stereocenters. The number of carbonyl (C=O) groups excluding carboxylic acids is 2. The van der Waals surface area contributed by atoms with E-state index in [0.717, 1.165) is 45.9 Å². The Morgan fingerprint density at radius 1 is 0.913 bits per heavy atom. The Kier molecular flexibility index (Phi) is 9.92. The number of aliphatic hydroxyl groups is 1. The molecule has 0 fully saturated rings. The van der Waals surface area contributed by atoms with Crippen molar-refractivity contribution in [3.05, 3.63) is 78.0 Å². The van der Waals surface area contributed by atoms with Gasteiger partial charge in [0.2, 0.25) is 5.95 Å². The second-order valence-electron chi connectivity index (χ2n) is 12.5. The number of benzene rings is 2. The van der Waals surface area contributed by atoms with Crippen molar-refractivity contribution in [1.29, 1.82) is 0 Å². The summed E-state index contributed by atoms with van der Waals surface area (Å²) in [5.74, 6) is -0.638. The van der Waals surface area contributed by atoms with E-state index in [1.54, 1.807) is 59.7 Å².